The zero-order chi connectivity index (χ0) is 13.4. The van der Waals surface area contributed by atoms with E-state index in [2.05, 4.69) is 43.0 Å². The van der Waals surface area contributed by atoms with E-state index >= 15 is 0 Å². The highest BCUT2D eigenvalue weighted by molar-refractivity contribution is 5.26. The van der Waals surface area contributed by atoms with Crippen molar-refractivity contribution in [2.75, 3.05) is 26.7 Å². The summed E-state index contributed by atoms with van der Waals surface area (Å²) in [6.07, 6.45) is 1.15. The minimum absolute atomic E-state index is 0.312. The maximum atomic E-state index is 5.96. The topological polar surface area (TPSA) is 38.5 Å². The number of hydrogen-bond acceptors (Lipinski definition) is 3. The molecule has 0 heterocycles. The van der Waals surface area contributed by atoms with Crippen LogP contribution in [-0.4, -0.2) is 31.6 Å². The van der Waals surface area contributed by atoms with E-state index < -0.39 is 0 Å². The Kier molecular flexibility index (Phi) is 6.94. The Morgan fingerprint density at radius 1 is 1.33 bits per heavy atom. The molecule has 0 aliphatic rings. The van der Waals surface area contributed by atoms with Gasteiger partial charge in [-0.25, -0.2) is 0 Å². The van der Waals surface area contributed by atoms with Crippen molar-refractivity contribution < 1.29 is 4.74 Å². The van der Waals surface area contributed by atoms with Crippen molar-refractivity contribution in [2.45, 2.75) is 32.9 Å². The number of ether oxygens (including phenoxy) is 1. The third-order valence-electron chi connectivity index (χ3n) is 3.23. The zero-order valence-corrected chi connectivity index (χ0v) is 11.9. The van der Waals surface area contributed by atoms with Crippen LogP contribution >= 0.6 is 0 Å². The van der Waals surface area contributed by atoms with Crippen LogP contribution in [0.3, 0.4) is 0 Å². The second-order valence-corrected chi connectivity index (χ2v) is 4.56. The standard InChI is InChI=1S/C15H26N2O/c1-4-9-17(5-2)15(11-16)14-8-6-7-13(10-14)12-18-3/h6-8,10,15H,4-5,9,11-12,16H2,1-3H3. The molecular weight excluding hydrogens is 224 g/mol. The van der Waals surface area contributed by atoms with Gasteiger partial charge in [0.1, 0.15) is 0 Å². The smallest absolute Gasteiger partial charge is 0.0713 e. The van der Waals surface area contributed by atoms with Crippen molar-refractivity contribution in [1.82, 2.24) is 4.90 Å². The van der Waals surface area contributed by atoms with Gasteiger partial charge in [-0.15, -0.1) is 0 Å². The van der Waals surface area contributed by atoms with Gasteiger partial charge in [-0.1, -0.05) is 38.1 Å². The molecule has 0 aromatic heterocycles. The average Bonchev–Trinajstić information content (AvgIpc) is 2.39. The van der Waals surface area contributed by atoms with Crippen LogP contribution in [0.4, 0.5) is 0 Å². The van der Waals surface area contributed by atoms with E-state index in [9.17, 15) is 0 Å². The first kappa shape index (κ1) is 15.2. The molecule has 18 heavy (non-hydrogen) atoms. The number of rotatable bonds is 8. The molecule has 1 aromatic carbocycles. The Labute approximate surface area is 111 Å². The first-order valence-electron chi connectivity index (χ1n) is 6.78. The lowest BCUT2D eigenvalue weighted by molar-refractivity contribution is 0.184. The Morgan fingerprint density at radius 2 is 2.11 bits per heavy atom. The van der Waals surface area contributed by atoms with Crippen LogP contribution in [0.5, 0.6) is 0 Å². The molecule has 0 saturated carbocycles. The number of hydrogen-bond donors (Lipinski definition) is 1. The van der Waals surface area contributed by atoms with Gasteiger partial charge in [0.05, 0.1) is 6.61 Å². The van der Waals surface area contributed by atoms with Crippen molar-refractivity contribution in [1.29, 1.82) is 0 Å². The molecular formula is C15H26N2O. The molecule has 0 aliphatic heterocycles. The average molecular weight is 250 g/mol. The molecule has 0 spiro atoms. The van der Waals surface area contributed by atoms with Crippen molar-refractivity contribution in [3.05, 3.63) is 35.4 Å². The molecule has 0 aliphatic carbocycles. The predicted molar refractivity (Wildman–Crippen MR) is 76.5 cm³/mol. The molecule has 0 amide bonds. The van der Waals surface area contributed by atoms with Gasteiger partial charge in [0.15, 0.2) is 0 Å². The Balaban J connectivity index is 2.89. The number of nitrogens with two attached hydrogens (primary N) is 1. The Hall–Kier alpha value is -0.900. The number of benzene rings is 1. The van der Waals surface area contributed by atoms with Crippen molar-refractivity contribution in [3.63, 3.8) is 0 Å². The molecule has 0 fully saturated rings. The number of methoxy groups -OCH3 is 1. The van der Waals surface area contributed by atoms with E-state index in [1.54, 1.807) is 7.11 Å². The molecule has 1 atom stereocenters. The molecule has 3 nitrogen and oxygen atoms in total. The van der Waals surface area contributed by atoms with Crippen LogP contribution < -0.4 is 5.73 Å². The molecule has 1 aromatic rings. The van der Waals surface area contributed by atoms with Crippen LogP contribution in [0.2, 0.25) is 0 Å². The summed E-state index contributed by atoms with van der Waals surface area (Å²) >= 11 is 0. The van der Waals surface area contributed by atoms with E-state index in [-0.39, 0.29) is 0 Å². The molecule has 3 heteroatoms. The summed E-state index contributed by atoms with van der Waals surface area (Å²) in [5, 5.41) is 0. The van der Waals surface area contributed by atoms with Gasteiger partial charge in [-0.05, 0) is 30.6 Å². The van der Waals surface area contributed by atoms with Crippen LogP contribution in [0, 0.1) is 0 Å². The normalized spacial score (nSPS) is 12.9. The van der Waals surface area contributed by atoms with Gasteiger partial charge in [0.25, 0.3) is 0 Å². The summed E-state index contributed by atoms with van der Waals surface area (Å²) < 4.78 is 5.19. The third kappa shape index (κ3) is 4.09. The lowest BCUT2D eigenvalue weighted by atomic mass is 10.0. The van der Waals surface area contributed by atoms with Crippen LogP contribution in [0.25, 0.3) is 0 Å². The van der Waals surface area contributed by atoms with Crippen LogP contribution in [-0.2, 0) is 11.3 Å². The van der Waals surface area contributed by atoms with Gasteiger partial charge in [-0.2, -0.15) is 0 Å². The Morgan fingerprint density at radius 3 is 2.67 bits per heavy atom. The maximum Gasteiger partial charge on any atom is 0.0713 e. The number of nitrogens with zero attached hydrogens (tertiary/aromatic N) is 1. The fourth-order valence-corrected chi connectivity index (χ4v) is 2.37. The van der Waals surface area contributed by atoms with Gasteiger partial charge < -0.3 is 10.5 Å². The molecule has 2 N–H and O–H groups in total. The summed E-state index contributed by atoms with van der Waals surface area (Å²) in [7, 11) is 1.72. The van der Waals surface area contributed by atoms with Gasteiger partial charge in [0, 0.05) is 19.7 Å². The summed E-state index contributed by atoms with van der Waals surface area (Å²) in [4.78, 5) is 2.44. The lowest BCUT2D eigenvalue weighted by Gasteiger charge is -2.30. The summed E-state index contributed by atoms with van der Waals surface area (Å²) in [5.41, 5.74) is 8.47. The van der Waals surface area contributed by atoms with E-state index in [1.165, 1.54) is 11.1 Å². The molecule has 1 unspecified atom stereocenters. The first-order valence-corrected chi connectivity index (χ1v) is 6.78. The second kappa shape index (κ2) is 8.25. The fraction of sp³-hybridized carbons (Fsp3) is 0.600. The largest absolute Gasteiger partial charge is 0.380 e. The Bertz CT molecular complexity index is 341. The maximum absolute atomic E-state index is 5.96. The van der Waals surface area contributed by atoms with Crippen LogP contribution in [0.1, 0.15) is 37.4 Å². The molecule has 1 rings (SSSR count). The van der Waals surface area contributed by atoms with E-state index in [4.69, 9.17) is 10.5 Å². The monoisotopic (exact) mass is 250 g/mol. The van der Waals surface area contributed by atoms with Gasteiger partial charge in [0.2, 0.25) is 0 Å². The van der Waals surface area contributed by atoms with E-state index in [0.29, 0.717) is 19.2 Å². The van der Waals surface area contributed by atoms with Crippen molar-refractivity contribution in [3.8, 4) is 0 Å². The van der Waals surface area contributed by atoms with E-state index in [0.717, 1.165) is 19.5 Å². The van der Waals surface area contributed by atoms with Crippen LogP contribution in [0.15, 0.2) is 24.3 Å². The highest BCUT2D eigenvalue weighted by atomic mass is 16.5. The molecule has 0 radical (unpaired) electrons. The molecule has 0 bridgehead atoms. The second-order valence-electron chi connectivity index (χ2n) is 4.56. The van der Waals surface area contributed by atoms with Gasteiger partial charge >= 0.3 is 0 Å². The predicted octanol–water partition coefficient (Wildman–Crippen LogP) is 2.56. The van der Waals surface area contributed by atoms with Crippen molar-refractivity contribution >= 4 is 0 Å². The molecule has 102 valence electrons. The zero-order valence-electron chi connectivity index (χ0n) is 11.9. The quantitative estimate of drug-likeness (QED) is 0.770. The SMILES string of the molecule is CCCN(CC)C(CN)c1cccc(COC)c1. The minimum Gasteiger partial charge on any atom is -0.380 e. The minimum atomic E-state index is 0.312. The summed E-state index contributed by atoms with van der Waals surface area (Å²) in [5.74, 6) is 0. The highest BCUT2D eigenvalue weighted by Crippen LogP contribution is 2.21. The van der Waals surface area contributed by atoms with Crippen molar-refractivity contribution in [2.24, 2.45) is 5.73 Å². The molecule has 0 saturated heterocycles. The fourth-order valence-electron chi connectivity index (χ4n) is 2.37. The highest BCUT2D eigenvalue weighted by Gasteiger charge is 2.16. The third-order valence-corrected chi connectivity index (χ3v) is 3.23. The van der Waals surface area contributed by atoms with E-state index in [1.807, 2.05) is 0 Å². The summed E-state index contributed by atoms with van der Waals surface area (Å²) in [6, 6.07) is 8.86. The van der Waals surface area contributed by atoms with Gasteiger partial charge in [-0.3, -0.25) is 4.90 Å². The number of likely N-dealkylation sites (N-methyl/N-ethyl adjacent to an activating group) is 1. The lowest BCUT2D eigenvalue weighted by Crippen LogP contribution is -2.34. The first-order chi connectivity index (χ1) is 8.76. The summed E-state index contributed by atoms with van der Waals surface area (Å²) in [6.45, 7) is 7.83.